The molecule has 0 aromatic carbocycles. The van der Waals surface area contributed by atoms with Crippen molar-refractivity contribution in [1.29, 1.82) is 0 Å². The summed E-state index contributed by atoms with van der Waals surface area (Å²) in [6.45, 7) is 2.14. The summed E-state index contributed by atoms with van der Waals surface area (Å²) in [5, 5.41) is 1.99. The third kappa shape index (κ3) is 2.05. The standard InChI is InChI=1S/C9H16N2S2/c1-6-10-7-4-3-5-8(11-12-2)9(7)13-6/h7-9,11H,3-5H2,1-2H3. The highest BCUT2D eigenvalue weighted by Gasteiger charge is 2.37. The Hall–Kier alpha value is 0.330. The van der Waals surface area contributed by atoms with Crippen molar-refractivity contribution in [2.75, 3.05) is 6.26 Å². The highest BCUT2D eigenvalue weighted by atomic mass is 32.2. The molecule has 1 saturated carbocycles. The van der Waals surface area contributed by atoms with Crippen molar-refractivity contribution < 1.29 is 0 Å². The van der Waals surface area contributed by atoms with Crippen LogP contribution in [0.5, 0.6) is 0 Å². The normalized spacial score (nSPS) is 38.6. The zero-order valence-electron chi connectivity index (χ0n) is 8.12. The van der Waals surface area contributed by atoms with Gasteiger partial charge < -0.3 is 0 Å². The molecule has 2 aliphatic rings. The number of nitrogens with zero attached hydrogens (tertiary/aromatic N) is 1. The minimum absolute atomic E-state index is 0.600. The second-order valence-electron chi connectivity index (χ2n) is 3.66. The lowest BCUT2D eigenvalue weighted by Crippen LogP contribution is -2.42. The molecule has 0 radical (unpaired) electrons. The number of thioether (sulfide) groups is 1. The van der Waals surface area contributed by atoms with E-state index in [2.05, 4.69) is 22.9 Å². The fraction of sp³-hybridized carbons (Fsp3) is 0.889. The SMILES string of the molecule is CSNC1CCCC2N=C(C)SC21. The summed E-state index contributed by atoms with van der Waals surface area (Å²) >= 11 is 3.72. The van der Waals surface area contributed by atoms with Crippen molar-refractivity contribution in [3.05, 3.63) is 0 Å². The van der Waals surface area contributed by atoms with E-state index < -0.39 is 0 Å². The summed E-state index contributed by atoms with van der Waals surface area (Å²) in [5.74, 6) is 0. The van der Waals surface area contributed by atoms with Crippen LogP contribution in [-0.2, 0) is 0 Å². The van der Waals surface area contributed by atoms with Gasteiger partial charge in [0.2, 0.25) is 0 Å². The second kappa shape index (κ2) is 4.24. The molecule has 2 rings (SSSR count). The van der Waals surface area contributed by atoms with Gasteiger partial charge >= 0.3 is 0 Å². The largest absolute Gasteiger partial charge is 0.279 e. The predicted molar refractivity (Wildman–Crippen MR) is 62.6 cm³/mol. The first-order valence-corrected chi connectivity index (χ1v) is 6.91. The summed E-state index contributed by atoms with van der Waals surface area (Å²) < 4.78 is 3.50. The number of hydrogen-bond acceptors (Lipinski definition) is 4. The third-order valence-corrected chi connectivity index (χ3v) is 4.61. The first-order chi connectivity index (χ1) is 6.31. The molecule has 1 aliphatic heterocycles. The molecule has 1 N–H and O–H groups in total. The lowest BCUT2D eigenvalue weighted by atomic mass is 9.91. The van der Waals surface area contributed by atoms with Crippen molar-refractivity contribution in [1.82, 2.24) is 4.72 Å². The fourth-order valence-electron chi connectivity index (χ4n) is 2.18. The molecule has 0 aromatic heterocycles. The molecule has 1 fully saturated rings. The van der Waals surface area contributed by atoms with Gasteiger partial charge in [-0.3, -0.25) is 9.71 Å². The Morgan fingerprint density at radius 3 is 3.15 bits per heavy atom. The van der Waals surface area contributed by atoms with E-state index >= 15 is 0 Å². The van der Waals surface area contributed by atoms with Crippen LogP contribution in [0.1, 0.15) is 26.2 Å². The molecule has 3 atom stereocenters. The van der Waals surface area contributed by atoms with Crippen LogP contribution in [0.3, 0.4) is 0 Å². The zero-order valence-corrected chi connectivity index (χ0v) is 9.75. The van der Waals surface area contributed by atoms with Crippen molar-refractivity contribution in [2.45, 2.75) is 43.5 Å². The maximum Gasteiger partial charge on any atom is 0.0652 e. The van der Waals surface area contributed by atoms with E-state index in [0.717, 1.165) is 0 Å². The zero-order chi connectivity index (χ0) is 9.26. The lowest BCUT2D eigenvalue weighted by molar-refractivity contribution is 0.397. The van der Waals surface area contributed by atoms with E-state index in [9.17, 15) is 0 Å². The molecule has 0 saturated heterocycles. The van der Waals surface area contributed by atoms with Gasteiger partial charge in [-0.2, -0.15) is 0 Å². The Labute approximate surface area is 88.5 Å². The van der Waals surface area contributed by atoms with Gasteiger partial charge in [0.15, 0.2) is 0 Å². The molecule has 0 spiro atoms. The average Bonchev–Trinajstić information content (AvgIpc) is 2.47. The van der Waals surface area contributed by atoms with Gasteiger partial charge in [-0.15, -0.1) is 11.8 Å². The van der Waals surface area contributed by atoms with Crippen LogP contribution in [0.4, 0.5) is 0 Å². The number of aliphatic imine (C=N–C) groups is 1. The van der Waals surface area contributed by atoms with Crippen LogP contribution in [0, 0.1) is 0 Å². The molecule has 74 valence electrons. The minimum atomic E-state index is 0.600. The predicted octanol–water partition coefficient (Wildman–Crippen LogP) is 2.31. The van der Waals surface area contributed by atoms with Crippen LogP contribution in [-0.4, -0.2) is 28.6 Å². The Bertz CT molecular complexity index is 216. The highest BCUT2D eigenvalue weighted by Crippen LogP contribution is 2.37. The maximum atomic E-state index is 4.67. The molecule has 1 aliphatic carbocycles. The smallest absolute Gasteiger partial charge is 0.0652 e. The summed E-state index contributed by atoms with van der Waals surface area (Å²) in [6.07, 6.45) is 6.05. The highest BCUT2D eigenvalue weighted by molar-refractivity contribution is 8.14. The molecule has 4 heteroatoms. The Balaban J connectivity index is 2.01. The van der Waals surface area contributed by atoms with E-state index in [0.29, 0.717) is 17.3 Å². The molecule has 0 aromatic rings. The average molecular weight is 216 g/mol. The number of rotatable bonds is 2. The van der Waals surface area contributed by atoms with Gasteiger partial charge in [-0.05, 0) is 32.4 Å². The molecule has 13 heavy (non-hydrogen) atoms. The van der Waals surface area contributed by atoms with Gasteiger partial charge in [0.1, 0.15) is 0 Å². The molecule has 2 nitrogen and oxygen atoms in total. The van der Waals surface area contributed by atoms with E-state index in [-0.39, 0.29) is 0 Å². The third-order valence-electron chi connectivity index (χ3n) is 2.71. The van der Waals surface area contributed by atoms with Crippen LogP contribution >= 0.6 is 23.7 Å². The first-order valence-electron chi connectivity index (χ1n) is 4.81. The van der Waals surface area contributed by atoms with Crippen LogP contribution in [0.25, 0.3) is 0 Å². The number of nitrogens with one attached hydrogen (secondary N) is 1. The van der Waals surface area contributed by atoms with Gasteiger partial charge in [-0.1, -0.05) is 11.9 Å². The Morgan fingerprint density at radius 1 is 1.54 bits per heavy atom. The Kier molecular flexibility index (Phi) is 3.22. The monoisotopic (exact) mass is 216 g/mol. The minimum Gasteiger partial charge on any atom is -0.279 e. The van der Waals surface area contributed by atoms with E-state index in [4.69, 9.17) is 0 Å². The second-order valence-corrected chi connectivity index (χ2v) is 5.67. The quantitative estimate of drug-likeness (QED) is 0.717. The van der Waals surface area contributed by atoms with E-state index in [1.54, 1.807) is 11.9 Å². The summed E-state index contributed by atoms with van der Waals surface area (Å²) in [4.78, 5) is 4.67. The Morgan fingerprint density at radius 2 is 2.38 bits per heavy atom. The van der Waals surface area contributed by atoms with Gasteiger partial charge in [0, 0.05) is 11.3 Å². The molecule has 0 amide bonds. The molecular formula is C9H16N2S2. The van der Waals surface area contributed by atoms with Crippen molar-refractivity contribution >= 4 is 28.8 Å². The van der Waals surface area contributed by atoms with E-state index in [1.165, 1.54) is 24.3 Å². The van der Waals surface area contributed by atoms with Crippen molar-refractivity contribution in [3.63, 3.8) is 0 Å². The number of fused-ring (bicyclic) bond motifs is 1. The van der Waals surface area contributed by atoms with E-state index in [1.807, 2.05) is 11.8 Å². The first kappa shape index (κ1) is 9.87. The van der Waals surface area contributed by atoms with Crippen molar-refractivity contribution in [2.24, 2.45) is 4.99 Å². The summed E-state index contributed by atoms with van der Waals surface area (Å²) in [6, 6.07) is 1.27. The van der Waals surface area contributed by atoms with Crippen LogP contribution in [0.2, 0.25) is 0 Å². The van der Waals surface area contributed by atoms with Gasteiger partial charge in [0.25, 0.3) is 0 Å². The maximum absolute atomic E-state index is 4.67. The van der Waals surface area contributed by atoms with Crippen LogP contribution < -0.4 is 4.72 Å². The summed E-state index contributed by atoms with van der Waals surface area (Å²) in [7, 11) is 0. The van der Waals surface area contributed by atoms with Crippen LogP contribution in [0.15, 0.2) is 4.99 Å². The van der Waals surface area contributed by atoms with Gasteiger partial charge in [-0.25, -0.2) is 0 Å². The summed E-state index contributed by atoms with van der Waals surface area (Å²) in [5.41, 5.74) is 0. The molecule has 0 bridgehead atoms. The molecule has 3 unspecified atom stereocenters. The lowest BCUT2D eigenvalue weighted by Gasteiger charge is -2.31. The van der Waals surface area contributed by atoms with Gasteiger partial charge in [0.05, 0.1) is 11.1 Å². The fourth-order valence-corrected chi connectivity index (χ4v) is 4.15. The van der Waals surface area contributed by atoms with Crippen molar-refractivity contribution in [3.8, 4) is 0 Å². The number of hydrogen-bond donors (Lipinski definition) is 1. The molecular weight excluding hydrogens is 200 g/mol. The topological polar surface area (TPSA) is 24.4 Å². The molecule has 1 heterocycles.